The predicted octanol–water partition coefficient (Wildman–Crippen LogP) is -0.260. The van der Waals surface area contributed by atoms with Gasteiger partial charge < -0.3 is 4.90 Å². The molecule has 0 spiro atoms. The monoisotopic (exact) mass is 198 g/mol. The number of carbonyl (C=O) groups excluding carboxylic acids is 1. The molecule has 2 amide bonds. The summed E-state index contributed by atoms with van der Waals surface area (Å²) in [5.41, 5.74) is 2.20. The van der Waals surface area contributed by atoms with E-state index in [2.05, 4.69) is 10.3 Å². The Bertz CT molecular complexity index is 221. The Kier molecular flexibility index (Phi) is 2.88. The fraction of sp³-hybridized carbons (Fsp3) is 0.889. The van der Waals surface area contributed by atoms with E-state index in [0.717, 1.165) is 19.6 Å². The first kappa shape index (κ1) is 9.73. The molecule has 2 saturated heterocycles. The van der Waals surface area contributed by atoms with Crippen molar-refractivity contribution in [2.45, 2.75) is 25.3 Å². The lowest BCUT2D eigenvalue weighted by Crippen LogP contribution is -2.58. The summed E-state index contributed by atoms with van der Waals surface area (Å²) in [6, 6.07) is 0.421. The van der Waals surface area contributed by atoms with Crippen LogP contribution in [0.3, 0.4) is 0 Å². The number of urea groups is 1. The van der Waals surface area contributed by atoms with Crippen molar-refractivity contribution in [3.05, 3.63) is 0 Å². The normalized spacial score (nSPS) is 28.4. The zero-order valence-electron chi connectivity index (χ0n) is 8.41. The lowest BCUT2D eigenvalue weighted by atomic mass is 10.00. The molecule has 3 N–H and O–H groups in total. The summed E-state index contributed by atoms with van der Waals surface area (Å²) in [4.78, 5) is 15.6. The van der Waals surface area contributed by atoms with Gasteiger partial charge >= 0.3 is 6.03 Å². The summed E-state index contributed by atoms with van der Waals surface area (Å²) in [5, 5.41) is 0. The highest BCUT2D eigenvalue weighted by Crippen LogP contribution is 2.20. The molecular weight excluding hydrogens is 180 g/mol. The van der Waals surface area contributed by atoms with Gasteiger partial charge in [0.25, 0.3) is 0 Å². The Morgan fingerprint density at radius 2 is 2.14 bits per heavy atom. The number of hydrogen-bond donors (Lipinski definition) is 2. The Morgan fingerprint density at radius 3 is 2.93 bits per heavy atom. The van der Waals surface area contributed by atoms with Gasteiger partial charge in [0.1, 0.15) is 0 Å². The Balaban J connectivity index is 1.92. The number of fused-ring (bicyclic) bond motifs is 1. The number of piperazine rings is 1. The first-order valence-corrected chi connectivity index (χ1v) is 5.31. The third-order valence-corrected chi connectivity index (χ3v) is 3.25. The zero-order chi connectivity index (χ0) is 9.97. The molecule has 0 radical (unpaired) electrons. The van der Waals surface area contributed by atoms with Gasteiger partial charge in [-0.05, 0) is 19.4 Å². The smallest absolute Gasteiger partial charge is 0.321 e. The maximum Gasteiger partial charge on any atom is 0.331 e. The van der Waals surface area contributed by atoms with E-state index in [9.17, 15) is 4.79 Å². The lowest BCUT2D eigenvalue weighted by Gasteiger charge is -2.43. The molecule has 14 heavy (non-hydrogen) atoms. The van der Waals surface area contributed by atoms with Gasteiger partial charge in [-0.1, -0.05) is 6.42 Å². The van der Waals surface area contributed by atoms with E-state index in [1.54, 1.807) is 0 Å². The van der Waals surface area contributed by atoms with Crippen LogP contribution in [-0.2, 0) is 0 Å². The highest BCUT2D eigenvalue weighted by Gasteiger charge is 2.30. The zero-order valence-corrected chi connectivity index (χ0v) is 8.41. The minimum Gasteiger partial charge on any atom is -0.321 e. The van der Waals surface area contributed by atoms with Crippen LogP contribution in [0.15, 0.2) is 0 Å². The predicted molar refractivity (Wildman–Crippen MR) is 53.5 cm³/mol. The molecule has 2 aliphatic rings. The molecule has 5 heteroatoms. The first-order valence-electron chi connectivity index (χ1n) is 5.31. The van der Waals surface area contributed by atoms with Crippen LogP contribution in [0.2, 0.25) is 0 Å². The molecule has 2 heterocycles. The number of hydrazine groups is 1. The fourth-order valence-corrected chi connectivity index (χ4v) is 2.43. The van der Waals surface area contributed by atoms with Gasteiger partial charge in [0.2, 0.25) is 0 Å². The van der Waals surface area contributed by atoms with Crippen LogP contribution >= 0.6 is 0 Å². The van der Waals surface area contributed by atoms with Gasteiger partial charge in [-0.25, -0.2) is 10.6 Å². The molecule has 2 fully saturated rings. The number of nitrogens with zero attached hydrogens (tertiary/aromatic N) is 2. The van der Waals surface area contributed by atoms with E-state index in [1.807, 2.05) is 4.90 Å². The Labute approximate surface area is 84.2 Å². The molecule has 2 aliphatic heterocycles. The summed E-state index contributed by atoms with van der Waals surface area (Å²) in [5.74, 6) is 5.12. The molecule has 0 aromatic heterocycles. The average molecular weight is 198 g/mol. The van der Waals surface area contributed by atoms with Crippen molar-refractivity contribution >= 4 is 6.03 Å². The summed E-state index contributed by atoms with van der Waals surface area (Å²) < 4.78 is 0. The van der Waals surface area contributed by atoms with Gasteiger partial charge in [0.15, 0.2) is 0 Å². The van der Waals surface area contributed by atoms with Gasteiger partial charge in [-0.2, -0.15) is 0 Å². The van der Waals surface area contributed by atoms with E-state index >= 15 is 0 Å². The van der Waals surface area contributed by atoms with Gasteiger partial charge in [0.05, 0.1) is 0 Å². The number of nitrogens with two attached hydrogens (primary N) is 1. The largest absolute Gasteiger partial charge is 0.331 e. The van der Waals surface area contributed by atoms with Crippen molar-refractivity contribution < 1.29 is 4.79 Å². The average Bonchev–Trinajstić information content (AvgIpc) is 2.27. The second-order valence-corrected chi connectivity index (χ2v) is 4.08. The first-order chi connectivity index (χ1) is 6.81. The van der Waals surface area contributed by atoms with Crippen LogP contribution in [0.5, 0.6) is 0 Å². The third-order valence-electron chi connectivity index (χ3n) is 3.25. The molecule has 0 aromatic rings. The summed E-state index contributed by atoms with van der Waals surface area (Å²) >= 11 is 0. The maximum atomic E-state index is 11.3. The molecule has 2 rings (SSSR count). The van der Waals surface area contributed by atoms with Gasteiger partial charge in [0, 0.05) is 25.7 Å². The third kappa shape index (κ3) is 1.83. The standard InChI is InChI=1S/C9H18N4O/c10-11-9(14)13-6-5-12-4-2-1-3-8(12)7-13/h8H,1-7,10H2,(H,11,14). The quantitative estimate of drug-likeness (QED) is 0.320. The number of nitrogens with one attached hydrogen (secondary N) is 1. The number of piperidine rings is 1. The van der Waals surface area contributed by atoms with E-state index < -0.39 is 0 Å². The number of amides is 2. The molecule has 0 aliphatic carbocycles. The van der Waals surface area contributed by atoms with Crippen molar-refractivity contribution in [2.75, 3.05) is 26.2 Å². The minimum atomic E-state index is -0.143. The van der Waals surface area contributed by atoms with Crippen molar-refractivity contribution in [2.24, 2.45) is 5.84 Å². The molecule has 1 atom stereocenters. The minimum absolute atomic E-state index is 0.143. The van der Waals surface area contributed by atoms with Gasteiger partial charge in [-0.15, -0.1) is 0 Å². The van der Waals surface area contributed by atoms with Crippen molar-refractivity contribution in [3.63, 3.8) is 0 Å². The van der Waals surface area contributed by atoms with Crippen LogP contribution in [-0.4, -0.2) is 48.1 Å². The Hall–Kier alpha value is -0.810. The fourth-order valence-electron chi connectivity index (χ4n) is 2.43. The van der Waals surface area contributed by atoms with Crippen molar-refractivity contribution in [3.8, 4) is 0 Å². The van der Waals surface area contributed by atoms with E-state index in [-0.39, 0.29) is 6.03 Å². The summed E-state index contributed by atoms with van der Waals surface area (Å²) in [7, 11) is 0. The topological polar surface area (TPSA) is 61.6 Å². The molecule has 0 saturated carbocycles. The molecule has 80 valence electrons. The lowest BCUT2D eigenvalue weighted by molar-refractivity contribution is 0.0644. The van der Waals surface area contributed by atoms with Crippen LogP contribution in [0, 0.1) is 0 Å². The number of carbonyl (C=O) groups is 1. The maximum absolute atomic E-state index is 11.3. The Morgan fingerprint density at radius 1 is 1.29 bits per heavy atom. The molecular formula is C9H18N4O. The van der Waals surface area contributed by atoms with Crippen LogP contribution in [0.25, 0.3) is 0 Å². The number of hydrogen-bond acceptors (Lipinski definition) is 3. The second kappa shape index (κ2) is 4.14. The highest BCUT2D eigenvalue weighted by molar-refractivity contribution is 5.73. The molecule has 0 aromatic carbocycles. The van der Waals surface area contributed by atoms with Crippen LogP contribution in [0.4, 0.5) is 4.79 Å². The van der Waals surface area contributed by atoms with E-state index in [0.29, 0.717) is 6.04 Å². The van der Waals surface area contributed by atoms with Crippen molar-refractivity contribution in [1.82, 2.24) is 15.2 Å². The summed E-state index contributed by atoms with van der Waals surface area (Å²) in [6.07, 6.45) is 3.81. The molecule has 1 unspecified atom stereocenters. The number of rotatable bonds is 0. The molecule has 0 bridgehead atoms. The van der Waals surface area contributed by atoms with Crippen LogP contribution < -0.4 is 11.3 Å². The van der Waals surface area contributed by atoms with Crippen LogP contribution in [0.1, 0.15) is 19.3 Å². The second-order valence-electron chi connectivity index (χ2n) is 4.08. The summed E-state index contributed by atoms with van der Waals surface area (Å²) in [6.45, 7) is 3.84. The van der Waals surface area contributed by atoms with Crippen molar-refractivity contribution in [1.29, 1.82) is 0 Å². The molecule has 5 nitrogen and oxygen atoms in total. The van der Waals surface area contributed by atoms with E-state index in [1.165, 1.54) is 25.8 Å². The highest BCUT2D eigenvalue weighted by atomic mass is 16.2. The SMILES string of the molecule is NNC(=O)N1CCN2CCCCC2C1. The van der Waals surface area contributed by atoms with Gasteiger partial charge in [-0.3, -0.25) is 10.3 Å². The van der Waals surface area contributed by atoms with E-state index in [4.69, 9.17) is 5.84 Å².